The Kier molecular flexibility index (Phi) is 4.77. The topological polar surface area (TPSA) is 94.2 Å². The molecule has 1 fully saturated rings. The zero-order chi connectivity index (χ0) is 19.7. The minimum Gasteiger partial charge on any atom is -0.480 e. The van der Waals surface area contributed by atoms with Crippen LogP contribution in [-0.2, 0) is 0 Å². The molecule has 1 aliphatic heterocycles. The molecule has 144 valence electrons. The fourth-order valence-electron chi connectivity index (χ4n) is 3.70. The Morgan fingerprint density at radius 1 is 1.32 bits per heavy atom. The first kappa shape index (κ1) is 18.1. The van der Waals surface area contributed by atoms with Crippen LogP contribution in [0.3, 0.4) is 0 Å². The molecule has 28 heavy (non-hydrogen) atoms. The van der Waals surface area contributed by atoms with Gasteiger partial charge in [0.05, 0.1) is 48.2 Å². The summed E-state index contributed by atoms with van der Waals surface area (Å²) < 4.78 is 10.5. The normalized spacial score (nSPS) is 16.4. The van der Waals surface area contributed by atoms with Gasteiger partial charge in [-0.05, 0) is 38.8 Å². The van der Waals surface area contributed by atoms with Crippen LogP contribution in [0.4, 0.5) is 0 Å². The van der Waals surface area contributed by atoms with Crippen molar-refractivity contribution in [1.29, 1.82) is 0 Å². The monoisotopic (exact) mass is 379 g/mol. The largest absolute Gasteiger partial charge is 0.480 e. The molecule has 3 aromatic rings. The maximum atomic E-state index is 13.2. The molecule has 4 rings (SSSR count). The van der Waals surface area contributed by atoms with Crippen LogP contribution in [0.5, 0.6) is 5.88 Å². The fourth-order valence-corrected chi connectivity index (χ4v) is 3.70. The second-order valence-corrected chi connectivity index (χ2v) is 6.75. The molecule has 8 nitrogen and oxygen atoms in total. The number of carbonyl (C=O) groups is 1. The molecule has 0 aliphatic carbocycles. The van der Waals surface area contributed by atoms with E-state index in [9.17, 15) is 4.79 Å². The van der Waals surface area contributed by atoms with Gasteiger partial charge >= 0.3 is 0 Å². The van der Waals surface area contributed by atoms with E-state index in [1.807, 2.05) is 18.7 Å². The number of carbonyl (C=O) groups excluding carboxylic acids is 1. The zero-order valence-electron chi connectivity index (χ0n) is 16.0. The third kappa shape index (κ3) is 3.11. The number of nitrogens with zero attached hydrogens (tertiary/aromatic N) is 5. The van der Waals surface area contributed by atoms with Crippen LogP contribution < -0.4 is 4.74 Å². The van der Waals surface area contributed by atoms with Crippen molar-refractivity contribution in [3.05, 3.63) is 53.4 Å². The summed E-state index contributed by atoms with van der Waals surface area (Å²) >= 11 is 0. The van der Waals surface area contributed by atoms with Gasteiger partial charge in [0, 0.05) is 12.7 Å². The molecule has 3 aromatic heterocycles. The second-order valence-electron chi connectivity index (χ2n) is 6.75. The van der Waals surface area contributed by atoms with Gasteiger partial charge in [-0.1, -0.05) is 5.16 Å². The first-order chi connectivity index (χ1) is 13.6. The smallest absolute Gasteiger partial charge is 0.259 e. The van der Waals surface area contributed by atoms with Gasteiger partial charge in [-0.25, -0.2) is 9.97 Å². The molecule has 1 saturated heterocycles. The molecule has 0 N–H and O–H groups in total. The van der Waals surface area contributed by atoms with Crippen molar-refractivity contribution in [3.63, 3.8) is 0 Å². The van der Waals surface area contributed by atoms with Crippen LogP contribution in [0.2, 0.25) is 0 Å². The summed E-state index contributed by atoms with van der Waals surface area (Å²) in [6, 6.07) is 3.32. The molecule has 0 aromatic carbocycles. The number of ether oxygens (including phenoxy) is 1. The van der Waals surface area contributed by atoms with Gasteiger partial charge < -0.3 is 14.2 Å². The van der Waals surface area contributed by atoms with Crippen molar-refractivity contribution in [1.82, 2.24) is 25.0 Å². The lowest BCUT2D eigenvalue weighted by molar-refractivity contribution is 0.0728. The molecule has 1 aliphatic rings. The molecule has 0 bridgehead atoms. The fraction of sp³-hybridized carbons (Fsp3) is 0.350. The maximum absolute atomic E-state index is 13.2. The SMILES string of the molecule is COc1ncccc1C(=O)N1CCC[C@@H]1c1cncc(-c2c(C)noc2C)n1. The maximum Gasteiger partial charge on any atom is 0.259 e. The number of amides is 1. The molecular weight excluding hydrogens is 358 g/mol. The number of aryl methyl sites for hydroxylation is 2. The highest BCUT2D eigenvalue weighted by Crippen LogP contribution is 2.34. The lowest BCUT2D eigenvalue weighted by Gasteiger charge is -2.25. The Morgan fingerprint density at radius 2 is 2.18 bits per heavy atom. The van der Waals surface area contributed by atoms with Crippen LogP contribution in [0.1, 0.15) is 46.4 Å². The molecule has 8 heteroatoms. The Labute approximate surface area is 162 Å². The summed E-state index contributed by atoms with van der Waals surface area (Å²) in [4.78, 5) is 28.3. The standard InChI is InChI=1S/C20H21N5O3/c1-12-18(13(2)28-24-12)16-11-21-10-15(23-16)17-7-5-9-25(17)20(26)14-6-4-8-22-19(14)27-3/h4,6,8,10-11,17H,5,7,9H2,1-3H3/t17-/m1/s1. The number of likely N-dealkylation sites (tertiary alicyclic amines) is 1. The van der Waals surface area contributed by atoms with E-state index < -0.39 is 0 Å². The van der Waals surface area contributed by atoms with Crippen molar-refractivity contribution < 1.29 is 14.1 Å². The van der Waals surface area contributed by atoms with Crippen molar-refractivity contribution in [2.24, 2.45) is 0 Å². The van der Waals surface area contributed by atoms with Crippen LogP contribution in [0.25, 0.3) is 11.3 Å². The molecule has 1 atom stereocenters. The summed E-state index contributed by atoms with van der Waals surface area (Å²) in [5.74, 6) is 0.911. The molecule has 4 heterocycles. The van der Waals surface area contributed by atoms with Crippen molar-refractivity contribution in [2.75, 3.05) is 13.7 Å². The molecular formula is C20H21N5O3. The third-order valence-corrected chi connectivity index (χ3v) is 4.99. The van der Waals surface area contributed by atoms with Gasteiger partial charge in [0.25, 0.3) is 5.91 Å². The van der Waals surface area contributed by atoms with Gasteiger partial charge in [0.1, 0.15) is 11.3 Å². The highest BCUT2D eigenvalue weighted by molar-refractivity contribution is 5.96. The summed E-state index contributed by atoms with van der Waals surface area (Å²) in [5.41, 5.74) is 3.52. The predicted molar refractivity (Wildman–Crippen MR) is 101 cm³/mol. The minimum atomic E-state index is -0.148. The molecule has 0 radical (unpaired) electrons. The van der Waals surface area contributed by atoms with Crippen LogP contribution >= 0.6 is 0 Å². The van der Waals surface area contributed by atoms with Gasteiger partial charge in [-0.2, -0.15) is 0 Å². The number of aromatic nitrogens is 4. The van der Waals surface area contributed by atoms with E-state index in [-0.39, 0.29) is 11.9 Å². The average molecular weight is 379 g/mol. The number of pyridine rings is 1. The first-order valence-corrected chi connectivity index (χ1v) is 9.15. The Bertz CT molecular complexity index is 997. The Balaban J connectivity index is 1.68. The van der Waals surface area contributed by atoms with E-state index in [0.29, 0.717) is 29.4 Å². The van der Waals surface area contributed by atoms with E-state index in [1.165, 1.54) is 7.11 Å². The lowest BCUT2D eigenvalue weighted by atomic mass is 10.1. The number of rotatable bonds is 4. The highest BCUT2D eigenvalue weighted by Gasteiger charge is 2.33. The third-order valence-electron chi connectivity index (χ3n) is 4.99. The second kappa shape index (κ2) is 7.38. The summed E-state index contributed by atoms with van der Waals surface area (Å²) in [7, 11) is 1.51. The Morgan fingerprint density at radius 3 is 2.93 bits per heavy atom. The van der Waals surface area contributed by atoms with Gasteiger partial charge in [0.2, 0.25) is 5.88 Å². The molecule has 0 unspecified atom stereocenters. The molecule has 0 saturated carbocycles. The summed E-state index contributed by atoms with van der Waals surface area (Å²) in [6.07, 6.45) is 6.75. The Hall–Kier alpha value is -3.29. The average Bonchev–Trinajstić information content (AvgIpc) is 3.34. The molecule has 0 spiro atoms. The summed E-state index contributed by atoms with van der Waals surface area (Å²) in [6.45, 7) is 4.38. The van der Waals surface area contributed by atoms with Crippen molar-refractivity contribution in [2.45, 2.75) is 32.7 Å². The van der Waals surface area contributed by atoms with Crippen molar-refractivity contribution >= 4 is 5.91 Å². The molecule has 1 amide bonds. The van der Waals surface area contributed by atoms with Crippen LogP contribution in [-0.4, -0.2) is 44.6 Å². The van der Waals surface area contributed by atoms with E-state index in [4.69, 9.17) is 14.2 Å². The highest BCUT2D eigenvalue weighted by atomic mass is 16.5. The quantitative estimate of drug-likeness (QED) is 0.687. The number of methoxy groups -OCH3 is 1. The summed E-state index contributed by atoms with van der Waals surface area (Å²) in [5, 5.41) is 3.99. The number of hydrogen-bond acceptors (Lipinski definition) is 7. The minimum absolute atomic E-state index is 0.114. The van der Waals surface area contributed by atoms with Crippen LogP contribution in [0.15, 0.2) is 35.2 Å². The van der Waals surface area contributed by atoms with E-state index in [0.717, 1.165) is 29.8 Å². The van der Waals surface area contributed by atoms with E-state index in [1.54, 1.807) is 30.7 Å². The van der Waals surface area contributed by atoms with E-state index in [2.05, 4.69) is 15.1 Å². The zero-order valence-corrected chi connectivity index (χ0v) is 16.0. The lowest BCUT2D eigenvalue weighted by Crippen LogP contribution is -2.31. The van der Waals surface area contributed by atoms with Gasteiger partial charge in [0.15, 0.2) is 0 Å². The first-order valence-electron chi connectivity index (χ1n) is 9.15. The van der Waals surface area contributed by atoms with Gasteiger partial charge in [-0.15, -0.1) is 0 Å². The van der Waals surface area contributed by atoms with Crippen LogP contribution in [0, 0.1) is 13.8 Å². The van der Waals surface area contributed by atoms with Gasteiger partial charge in [-0.3, -0.25) is 9.78 Å². The number of hydrogen-bond donors (Lipinski definition) is 0. The van der Waals surface area contributed by atoms with E-state index >= 15 is 0 Å². The van der Waals surface area contributed by atoms with Crippen molar-refractivity contribution in [3.8, 4) is 17.1 Å². The predicted octanol–water partition coefficient (Wildman–Crippen LogP) is 3.13.